The number of aliphatic hydroxyl groups excluding tert-OH is 1. The summed E-state index contributed by atoms with van der Waals surface area (Å²) >= 11 is 6.06. The highest BCUT2D eigenvalue weighted by atomic mass is 35.5. The zero-order valence-corrected chi connectivity index (χ0v) is 11.0. The van der Waals surface area contributed by atoms with Crippen molar-refractivity contribution in [2.75, 3.05) is 19.7 Å². The summed E-state index contributed by atoms with van der Waals surface area (Å²) in [5.41, 5.74) is 1.10. The standard InChI is InChI=1S/C13H19ClN2O/c1-13(10-17)5-3-7-16(9-13)8-11-4-2-6-15-12(11)14/h2,4,6,17H,3,5,7-10H2,1H3. The molecule has 3 nitrogen and oxygen atoms in total. The van der Waals surface area contributed by atoms with Gasteiger partial charge in [-0.1, -0.05) is 24.6 Å². The first-order valence-electron chi connectivity index (χ1n) is 6.06. The molecule has 1 N–H and O–H groups in total. The van der Waals surface area contributed by atoms with Gasteiger partial charge in [0.05, 0.1) is 0 Å². The Morgan fingerprint density at radius 3 is 3.12 bits per heavy atom. The van der Waals surface area contributed by atoms with Crippen LogP contribution < -0.4 is 0 Å². The van der Waals surface area contributed by atoms with E-state index in [-0.39, 0.29) is 12.0 Å². The Morgan fingerprint density at radius 1 is 1.59 bits per heavy atom. The Morgan fingerprint density at radius 2 is 2.41 bits per heavy atom. The van der Waals surface area contributed by atoms with Crippen LogP contribution in [0.2, 0.25) is 5.15 Å². The number of likely N-dealkylation sites (tertiary alicyclic amines) is 1. The van der Waals surface area contributed by atoms with Gasteiger partial charge in [-0.2, -0.15) is 0 Å². The molecule has 2 rings (SSSR count). The second-order valence-corrected chi connectivity index (χ2v) is 5.59. The number of halogens is 1. The second-order valence-electron chi connectivity index (χ2n) is 5.24. The molecule has 1 aliphatic heterocycles. The van der Waals surface area contributed by atoms with Gasteiger partial charge >= 0.3 is 0 Å². The van der Waals surface area contributed by atoms with Crippen molar-refractivity contribution in [1.29, 1.82) is 0 Å². The molecule has 1 unspecified atom stereocenters. The first-order valence-corrected chi connectivity index (χ1v) is 6.43. The van der Waals surface area contributed by atoms with Crippen LogP contribution in [0.5, 0.6) is 0 Å². The molecule has 1 aliphatic rings. The third-order valence-corrected chi connectivity index (χ3v) is 3.81. The van der Waals surface area contributed by atoms with E-state index in [0.717, 1.165) is 38.0 Å². The number of aromatic nitrogens is 1. The maximum Gasteiger partial charge on any atom is 0.133 e. The van der Waals surface area contributed by atoms with E-state index < -0.39 is 0 Å². The van der Waals surface area contributed by atoms with Gasteiger partial charge in [0, 0.05) is 36.9 Å². The predicted octanol–water partition coefficient (Wildman–Crippen LogP) is 2.33. The van der Waals surface area contributed by atoms with E-state index in [1.807, 2.05) is 12.1 Å². The van der Waals surface area contributed by atoms with Gasteiger partial charge in [-0.15, -0.1) is 0 Å². The fourth-order valence-corrected chi connectivity index (χ4v) is 2.65. The summed E-state index contributed by atoms with van der Waals surface area (Å²) in [7, 11) is 0. The molecule has 2 heterocycles. The zero-order valence-electron chi connectivity index (χ0n) is 10.2. The molecule has 1 aromatic heterocycles. The number of rotatable bonds is 3. The lowest BCUT2D eigenvalue weighted by Crippen LogP contribution is -2.43. The first kappa shape index (κ1) is 12.8. The van der Waals surface area contributed by atoms with Crippen molar-refractivity contribution in [2.24, 2.45) is 5.41 Å². The number of aliphatic hydroxyl groups is 1. The van der Waals surface area contributed by atoms with Gasteiger partial charge in [-0.25, -0.2) is 4.98 Å². The lowest BCUT2D eigenvalue weighted by atomic mass is 9.83. The number of hydrogen-bond acceptors (Lipinski definition) is 3. The Labute approximate surface area is 107 Å². The first-order chi connectivity index (χ1) is 8.13. The highest BCUT2D eigenvalue weighted by Crippen LogP contribution is 2.30. The molecule has 0 spiro atoms. The van der Waals surface area contributed by atoms with Crippen LogP contribution in [0.3, 0.4) is 0 Å². The molecule has 0 aromatic carbocycles. The lowest BCUT2D eigenvalue weighted by molar-refractivity contribution is 0.0429. The molecular formula is C13H19ClN2O. The topological polar surface area (TPSA) is 36.4 Å². The Kier molecular flexibility index (Phi) is 4.02. The van der Waals surface area contributed by atoms with E-state index in [1.165, 1.54) is 0 Å². The summed E-state index contributed by atoms with van der Waals surface area (Å²) in [5, 5.41) is 10.0. The number of piperidine rings is 1. The van der Waals surface area contributed by atoms with Crippen molar-refractivity contribution in [3.05, 3.63) is 29.0 Å². The Hall–Kier alpha value is -0.640. The normalized spacial score (nSPS) is 26.1. The van der Waals surface area contributed by atoms with Crippen LogP contribution in [0, 0.1) is 5.41 Å². The average molecular weight is 255 g/mol. The van der Waals surface area contributed by atoms with E-state index in [2.05, 4.69) is 16.8 Å². The van der Waals surface area contributed by atoms with Crippen molar-refractivity contribution < 1.29 is 5.11 Å². The van der Waals surface area contributed by atoms with Gasteiger partial charge in [0.15, 0.2) is 0 Å². The molecule has 0 aliphatic carbocycles. The van der Waals surface area contributed by atoms with Crippen LogP contribution in [0.4, 0.5) is 0 Å². The van der Waals surface area contributed by atoms with Gasteiger partial charge in [0.2, 0.25) is 0 Å². The third-order valence-electron chi connectivity index (χ3n) is 3.47. The molecule has 1 aromatic rings. The Balaban J connectivity index is 2.02. The van der Waals surface area contributed by atoms with Crippen LogP contribution >= 0.6 is 11.6 Å². The summed E-state index contributed by atoms with van der Waals surface area (Å²) in [6, 6.07) is 3.93. The molecule has 0 saturated carbocycles. The molecule has 17 heavy (non-hydrogen) atoms. The van der Waals surface area contributed by atoms with Gasteiger partial charge in [0.25, 0.3) is 0 Å². The van der Waals surface area contributed by atoms with Gasteiger partial charge in [-0.05, 0) is 25.5 Å². The highest BCUT2D eigenvalue weighted by Gasteiger charge is 2.30. The van der Waals surface area contributed by atoms with Crippen molar-refractivity contribution in [1.82, 2.24) is 9.88 Å². The van der Waals surface area contributed by atoms with Crippen LogP contribution in [-0.2, 0) is 6.54 Å². The van der Waals surface area contributed by atoms with Gasteiger partial charge in [-0.3, -0.25) is 4.90 Å². The van der Waals surface area contributed by atoms with Crippen LogP contribution in [0.15, 0.2) is 18.3 Å². The number of nitrogens with zero attached hydrogens (tertiary/aromatic N) is 2. The zero-order chi connectivity index (χ0) is 12.3. The van der Waals surface area contributed by atoms with Crippen molar-refractivity contribution in [2.45, 2.75) is 26.3 Å². The molecule has 94 valence electrons. The minimum absolute atomic E-state index is 0.0347. The molecule has 0 radical (unpaired) electrons. The highest BCUT2D eigenvalue weighted by molar-refractivity contribution is 6.30. The summed E-state index contributed by atoms with van der Waals surface area (Å²) in [6.07, 6.45) is 3.94. The smallest absolute Gasteiger partial charge is 0.133 e. The predicted molar refractivity (Wildman–Crippen MR) is 69.0 cm³/mol. The fraction of sp³-hybridized carbons (Fsp3) is 0.615. The average Bonchev–Trinajstić information content (AvgIpc) is 2.32. The van der Waals surface area contributed by atoms with Crippen molar-refractivity contribution in [3.63, 3.8) is 0 Å². The number of hydrogen-bond donors (Lipinski definition) is 1. The van der Waals surface area contributed by atoms with E-state index in [0.29, 0.717) is 5.15 Å². The summed E-state index contributed by atoms with van der Waals surface area (Å²) < 4.78 is 0. The van der Waals surface area contributed by atoms with Crippen LogP contribution in [0.25, 0.3) is 0 Å². The fourth-order valence-electron chi connectivity index (χ4n) is 2.47. The second kappa shape index (κ2) is 5.34. The minimum atomic E-state index is 0.0347. The minimum Gasteiger partial charge on any atom is -0.396 e. The van der Waals surface area contributed by atoms with Gasteiger partial charge < -0.3 is 5.11 Å². The molecule has 1 fully saturated rings. The van der Waals surface area contributed by atoms with Crippen LogP contribution in [0.1, 0.15) is 25.3 Å². The summed E-state index contributed by atoms with van der Waals surface area (Å²) in [6.45, 7) is 5.21. The van der Waals surface area contributed by atoms with E-state index in [1.54, 1.807) is 6.20 Å². The molecule has 1 saturated heterocycles. The van der Waals surface area contributed by atoms with Crippen LogP contribution in [-0.4, -0.2) is 34.7 Å². The van der Waals surface area contributed by atoms with E-state index in [9.17, 15) is 5.11 Å². The largest absolute Gasteiger partial charge is 0.396 e. The quantitative estimate of drug-likeness (QED) is 0.842. The number of pyridine rings is 1. The Bertz CT molecular complexity index is 385. The molecule has 1 atom stereocenters. The lowest BCUT2D eigenvalue weighted by Gasteiger charge is -2.39. The summed E-state index contributed by atoms with van der Waals surface area (Å²) in [5.74, 6) is 0. The molecule has 0 bridgehead atoms. The summed E-state index contributed by atoms with van der Waals surface area (Å²) in [4.78, 5) is 6.44. The third kappa shape index (κ3) is 3.18. The maximum absolute atomic E-state index is 9.42. The van der Waals surface area contributed by atoms with Crippen molar-refractivity contribution >= 4 is 11.6 Å². The monoisotopic (exact) mass is 254 g/mol. The van der Waals surface area contributed by atoms with E-state index >= 15 is 0 Å². The maximum atomic E-state index is 9.42. The molecule has 4 heteroatoms. The van der Waals surface area contributed by atoms with E-state index in [4.69, 9.17) is 11.6 Å². The molecule has 0 amide bonds. The van der Waals surface area contributed by atoms with Gasteiger partial charge in [0.1, 0.15) is 5.15 Å². The molecular weight excluding hydrogens is 236 g/mol. The van der Waals surface area contributed by atoms with Crippen molar-refractivity contribution in [3.8, 4) is 0 Å². The SMILES string of the molecule is CC1(CO)CCCN(Cc2cccnc2Cl)C1.